The highest BCUT2D eigenvalue weighted by Gasteiger charge is 2.29. The van der Waals surface area contributed by atoms with E-state index in [1.54, 1.807) is 12.1 Å². The van der Waals surface area contributed by atoms with E-state index in [0.29, 0.717) is 12.5 Å². The van der Waals surface area contributed by atoms with Crippen LogP contribution in [0.3, 0.4) is 0 Å². The van der Waals surface area contributed by atoms with Crippen molar-refractivity contribution in [3.8, 4) is 0 Å². The second-order valence-electron chi connectivity index (χ2n) is 4.52. The zero-order valence-electron chi connectivity index (χ0n) is 10.3. The molecule has 0 aliphatic heterocycles. The van der Waals surface area contributed by atoms with E-state index < -0.39 is 10.0 Å². The monoisotopic (exact) mass is 270 g/mol. The number of rotatable bonds is 6. The van der Waals surface area contributed by atoms with Gasteiger partial charge in [0.25, 0.3) is 0 Å². The van der Waals surface area contributed by atoms with E-state index in [1.807, 2.05) is 0 Å². The van der Waals surface area contributed by atoms with Crippen LogP contribution in [0.15, 0.2) is 29.2 Å². The molecule has 2 rings (SSSR count). The lowest BCUT2D eigenvalue weighted by atomic mass is 10.2. The van der Waals surface area contributed by atoms with Gasteiger partial charge >= 0.3 is 0 Å². The van der Waals surface area contributed by atoms with Gasteiger partial charge < -0.3 is 10.4 Å². The standard InChI is InChI=1S/C12H18N2O3S/c1-13-18(16,17)11-6-4-10(5-7-11)14-8-12(15)9-2-3-9/h4-7,9,12-15H,2-3,8H2,1H3. The highest BCUT2D eigenvalue weighted by molar-refractivity contribution is 7.89. The fourth-order valence-electron chi connectivity index (χ4n) is 1.74. The number of hydrogen-bond donors (Lipinski definition) is 3. The Morgan fingerprint density at radius 2 is 1.94 bits per heavy atom. The molecule has 0 bridgehead atoms. The molecule has 0 aromatic heterocycles. The molecule has 1 saturated carbocycles. The molecule has 1 fully saturated rings. The van der Waals surface area contributed by atoms with Gasteiger partial charge in [-0.25, -0.2) is 13.1 Å². The molecule has 100 valence electrons. The molecular weight excluding hydrogens is 252 g/mol. The van der Waals surface area contributed by atoms with E-state index in [1.165, 1.54) is 19.2 Å². The van der Waals surface area contributed by atoms with Gasteiger partial charge in [0.05, 0.1) is 11.0 Å². The summed E-state index contributed by atoms with van der Waals surface area (Å²) in [6.45, 7) is 0.503. The molecule has 1 atom stereocenters. The molecule has 1 aromatic carbocycles. The van der Waals surface area contributed by atoms with Crippen LogP contribution in [-0.4, -0.2) is 33.2 Å². The summed E-state index contributed by atoms with van der Waals surface area (Å²) in [4.78, 5) is 0.235. The Hall–Kier alpha value is -1.11. The van der Waals surface area contributed by atoms with Crippen LogP contribution in [0.2, 0.25) is 0 Å². The lowest BCUT2D eigenvalue weighted by molar-refractivity contribution is 0.164. The molecular formula is C12H18N2O3S. The molecule has 18 heavy (non-hydrogen) atoms. The number of benzene rings is 1. The third kappa shape index (κ3) is 3.22. The SMILES string of the molecule is CNS(=O)(=O)c1ccc(NCC(O)C2CC2)cc1. The van der Waals surface area contributed by atoms with Crippen molar-refractivity contribution in [3.05, 3.63) is 24.3 Å². The van der Waals surface area contributed by atoms with Crippen molar-refractivity contribution in [2.24, 2.45) is 5.92 Å². The molecule has 6 heteroatoms. The molecule has 0 amide bonds. The van der Waals surface area contributed by atoms with E-state index in [0.717, 1.165) is 18.5 Å². The van der Waals surface area contributed by atoms with Gasteiger partial charge in [0.15, 0.2) is 0 Å². The fourth-order valence-corrected chi connectivity index (χ4v) is 2.47. The minimum Gasteiger partial charge on any atom is -0.391 e. The summed E-state index contributed by atoms with van der Waals surface area (Å²) in [7, 11) is -1.99. The van der Waals surface area contributed by atoms with Crippen molar-refractivity contribution < 1.29 is 13.5 Å². The Bertz CT molecular complexity index is 495. The van der Waals surface area contributed by atoms with Crippen molar-refractivity contribution in [2.45, 2.75) is 23.8 Å². The van der Waals surface area contributed by atoms with Crippen LogP contribution in [0.5, 0.6) is 0 Å². The molecule has 0 saturated heterocycles. The van der Waals surface area contributed by atoms with Crippen molar-refractivity contribution in [1.29, 1.82) is 0 Å². The van der Waals surface area contributed by atoms with Crippen LogP contribution in [0.4, 0.5) is 5.69 Å². The van der Waals surface area contributed by atoms with E-state index in [-0.39, 0.29) is 11.0 Å². The summed E-state index contributed by atoms with van der Waals surface area (Å²) in [5.74, 6) is 0.432. The zero-order chi connectivity index (χ0) is 13.2. The van der Waals surface area contributed by atoms with Gasteiger partial charge in [-0.2, -0.15) is 0 Å². The van der Waals surface area contributed by atoms with E-state index in [9.17, 15) is 13.5 Å². The van der Waals surface area contributed by atoms with E-state index in [2.05, 4.69) is 10.0 Å². The van der Waals surface area contributed by atoms with Crippen LogP contribution >= 0.6 is 0 Å². The number of sulfonamides is 1. The third-order valence-electron chi connectivity index (χ3n) is 3.11. The highest BCUT2D eigenvalue weighted by Crippen LogP contribution is 2.32. The summed E-state index contributed by atoms with van der Waals surface area (Å²) >= 11 is 0. The third-order valence-corrected chi connectivity index (χ3v) is 4.55. The lowest BCUT2D eigenvalue weighted by Crippen LogP contribution is -2.21. The van der Waals surface area contributed by atoms with Gasteiger partial charge in [-0.3, -0.25) is 0 Å². The zero-order valence-corrected chi connectivity index (χ0v) is 11.1. The summed E-state index contributed by atoms with van der Waals surface area (Å²) in [6.07, 6.45) is 1.88. The Kier molecular flexibility index (Phi) is 3.89. The Labute approximate surface area is 107 Å². The number of nitrogens with one attached hydrogen (secondary N) is 2. The number of anilines is 1. The van der Waals surface area contributed by atoms with Gasteiger partial charge in [0.2, 0.25) is 10.0 Å². The molecule has 1 aliphatic rings. The normalized spacial score (nSPS) is 17.4. The molecule has 5 nitrogen and oxygen atoms in total. The maximum atomic E-state index is 11.5. The second-order valence-corrected chi connectivity index (χ2v) is 6.40. The van der Waals surface area contributed by atoms with Crippen molar-refractivity contribution in [3.63, 3.8) is 0 Å². The molecule has 1 unspecified atom stereocenters. The van der Waals surface area contributed by atoms with Crippen molar-refractivity contribution in [2.75, 3.05) is 18.9 Å². The number of aliphatic hydroxyl groups is 1. The van der Waals surface area contributed by atoms with Crippen molar-refractivity contribution in [1.82, 2.24) is 4.72 Å². The summed E-state index contributed by atoms with van der Waals surface area (Å²) < 4.78 is 25.3. The molecule has 1 aliphatic carbocycles. The predicted molar refractivity (Wildman–Crippen MR) is 69.9 cm³/mol. The van der Waals surface area contributed by atoms with Gasteiger partial charge in [0, 0.05) is 12.2 Å². The van der Waals surface area contributed by atoms with Crippen LogP contribution < -0.4 is 10.0 Å². The van der Waals surface area contributed by atoms with Crippen LogP contribution in [-0.2, 0) is 10.0 Å². The van der Waals surface area contributed by atoms with Gasteiger partial charge in [-0.1, -0.05) is 0 Å². The lowest BCUT2D eigenvalue weighted by Gasteiger charge is -2.12. The molecule has 0 radical (unpaired) electrons. The van der Waals surface area contributed by atoms with Gasteiger partial charge in [-0.15, -0.1) is 0 Å². The minimum atomic E-state index is -3.38. The summed E-state index contributed by atoms with van der Waals surface area (Å²) in [6, 6.07) is 6.48. The maximum absolute atomic E-state index is 11.5. The first kappa shape index (κ1) is 13.3. The highest BCUT2D eigenvalue weighted by atomic mass is 32.2. The van der Waals surface area contributed by atoms with Crippen LogP contribution in [0, 0.1) is 5.92 Å². The molecule has 3 N–H and O–H groups in total. The fraction of sp³-hybridized carbons (Fsp3) is 0.500. The minimum absolute atomic E-state index is 0.235. The first-order valence-electron chi connectivity index (χ1n) is 5.98. The largest absolute Gasteiger partial charge is 0.391 e. The molecule has 0 heterocycles. The van der Waals surface area contributed by atoms with Crippen LogP contribution in [0.1, 0.15) is 12.8 Å². The van der Waals surface area contributed by atoms with Gasteiger partial charge in [-0.05, 0) is 50.1 Å². The Morgan fingerprint density at radius 3 is 2.44 bits per heavy atom. The van der Waals surface area contributed by atoms with Gasteiger partial charge in [0.1, 0.15) is 0 Å². The Balaban J connectivity index is 1.95. The van der Waals surface area contributed by atoms with E-state index in [4.69, 9.17) is 0 Å². The van der Waals surface area contributed by atoms with E-state index >= 15 is 0 Å². The predicted octanol–water partition coefficient (Wildman–Crippen LogP) is 0.777. The average Bonchev–Trinajstić information content (AvgIpc) is 3.20. The summed E-state index contributed by atoms with van der Waals surface area (Å²) in [5.41, 5.74) is 0.810. The maximum Gasteiger partial charge on any atom is 0.240 e. The Morgan fingerprint density at radius 1 is 1.33 bits per heavy atom. The molecule has 1 aromatic rings. The topological polar surface area (TPSA) is 78.4 Å². The number of aliphatic hydroxyl groups excluding tert-OH is 1. The first-order chi connectivity index (χ1) is 8.53. The first-order valence-corrected chi connectivity index (χ1v) is 7.47. The van der Waals surface area contributed by atoms with Crippen molar-refractivity contribution >= 4 is 15.7 Å². The quantitative estimate of drug-likeness (QED) is 0.713. The second kappa shape index (κ2) is 5.26. The molecule has 0 spiro atoms. The smallest absolute Gasteiger partial charge is 0.240 e. The van der Waals surface area contributed by atoms with Crippen LogP contribution in [0.25, 0.3) is 0 Å². The average molecular weight is 270 g/mol. The number of hydrogen-bond acceptors (Lipinski definition) is 4. The summed E-state index contributed by atoms with van der Waals surface area (Å²) in [5, 5.41) is 12.8.